The number of halogens is 7. The number of aryl methyl sites for hydroxylation is 1. The van der Waals surface area contributed by atoms with Gasteiger partial charge < -0.3 is 4.74 Å². The summed E-state index contributed by atoms with van der Waals surface area (Å²) in [7, 11) is 0. The molecule has 226 valence electrons. The van der Waals surface area contributed by atoms with Crippen LogP contribution in [0, 0.1) is 23.3 Å². The summed E-state index contributed by atoms with van der Waals surface area (Å²) in [5.41, 5.74) is 1.59. The Morgan fingerprint density at radius 3 is 1.77 bits per heavy atom. The molecule has 0 bridgehead atoms. The van der Waals surface area contributed by atoms with Crippen LogP contribution in [-0.2, 0) is 12.5 Å². The van der Waals surface area contributed by atoms with E-state index in [1.165, 1.54) is 30.3 Å². The summed E-state index contributed by atoms with van der Waals surface area (Å²) in [6, 6.07) is 21.5. The zero-order valence-electron chi connectivity index (χ0n) is 23.6. The van der Waals surface area contributed by atoms with E-state index in [0.29, 0.717) is 11.1 Å². The summed E-state index contributed by atoms with van der Waals surface area (Å²) in [6.07, 6.45) is 0.140. The molecule has 0 N–H and O–H groups in total. The first kappa shape index (κ1) is 31.2. The Bertz CT molecular complexity index is 1790. The smallest absolute Gasteiger partial charge is 0.429 e. The van der Waals surface area contributed by atoms with Crippen molar-refractivity contribution in [3.05, 3.63) is 136 Å². The van der Waals surface area contributed by atoms with Crippen LogP contribution in [0.25, 0.3) is 33.4 Å². The second-order valence-corrected chi connectivity index (χ2v) is 10.8. The molecular weight excluding hydrogens is 598 g/mol. The number of ether oxygens (including phenoxy) is 1. The average molecular weight is 625 g/mol. The van der Waals surface area contributed by atoms with E-state index in [9.17, 15) is 13.2 Å². The SMILES string of the molecule is CCCCCc1ccc(-c2ccc(C(F)(F)Oc3ccc(-c4ccc(-c5ccc(Cl)c(F)c5)c(F)c4)c(F)c3)c(F)c2)cc1. The molecule has 0 saturated carbocycles. The molecule has 0 amide bonds. The molecule has 8 heteroatoms. The summed E-state index contributed by atoms with van der Waals surface area (Å²) in [5, 5.41) is -0.112. The largest absolute Gasteiger partial charge is 0.429 e. The Morgan fingerprint density at radius 1 is 0.591 bits per heavy atom. The molecule has 0 saturated heterocycles. The van der Waals surface area contributed by atoms with E-state index in [1.54, 1.807) is 0 Å². The molecule has 0 spiro atoms. The lowest BCUT2D eigenvalue weighted by Crippen LogP contribution is -2.23. The monoisotopic (exact) mass is 624 g/mol. The topological polar surface area (TPSA) is 9.23 Å². The maximum atomic E-state index is 15.0. The zero-order valence-corrected chi connectivity index (χ0v) is 24.4. The van der Waals surface area contributed by atoms with Gasteiger partial charge in [-0.2, -0.15) is 8.78 Å². The molecule has 5 aromatic carbocycles. The van der Waals surface area contributed by atoms with E-state index in [-0.39, 0.29) is 27.3 Å². The first-order chi connectivity index (χ1) is 21.1. The summed E-state index contributed by atoms with van der Waals surface area (Å²) in [6.45, 7) is 2.13. The second-order valence-electron chi connectivity index (χ2n) is 10.4. The number of unbranched alkanes of at least 4 members (excludes halogenated alkanes) is 2. The Hall–Kier alpha value is -4.23. The third-order valence-corrected chi connectivity index (χ3v) is 7.64. The molecule has 1 nitrogen and oxygen atoms in total. The molecule has 0 aliphatic heterocycles. The van der Waals surface area contributed by atoms with E-state index < -0.39 is 40.7 Å². The number of benzene rings is 5. The molecule has 0 unspecified atom stereocenters. The van der Waals surface area contributed by atoms with E-state index in [0.717, 1.165) is 73.7 Å². The van der Waals surface area contributed by atoms with Crippen LogP contribution in [0.4, 0.5) is 26.3 Å². The van der Waals surface area contributed by atoms with Gasteiger partial charge in [0.05, 0.1) is 10.6 Å². The summed E-state index contributed by atoms with van der Waals surface area (Å²) in [5.74, 6) is -4.15. The molecule has 0 heterocycles. The zero-order chi connectivity index (χ0) is 31.4. The van der Waals surface area contributed by atoms with Gasteiger partial charge in [-0.25, -0.2) is 17.6 Å². The highest BCUT2D eigenvalue weighted by Gasteiger charge is 2.38. The van der Waals surface area contributed by atoms with Crippen LogP contribution in [0.15, 0.2) is 97.1 Å². The maximum absolute atomic E-state index is 15.0. The van der Waals surface area contributed by atoms with Crippen molar-refractivity contribution in [1.29, 1.82) is 0 Å². The molecule has 5 aromatic rings. The molecular formula is C36H27ClF6O. The van der Waals surface area contributed by atoms with Crippen LogP contribution in [0.1, 0.15) is 37.3 Å². The van der Waals surface area contributed by atoms with Crippen LogP contribution >= 0.6 is 11.6 Å². The Labute approximate surface area is 256 Å². The number of alkyl halides is 2. The first-order valence-electron chi connectivity index (χ1n) is 14.1. The van der Waals surface area contributed by atoms with Gasteiger partial charge in [-0.1, -0.05) is 79.9 Å². The first-order valence-corrected chi connectivity index (χ1v) is 14.4. The lowest BCUT2D eigenvalue weighted by Gasteiger charge is -2.20. The standard InChI is InChI=1S/C36H27ClF6O/c1-2-3-4-5-22-6-8-23(9-7-22)24-11-16-30(34(40)18-24)36(42,43)44-27-13-15-29(33(39)21-27)25-10-14-28(32(38)19-25)26-12-17-31(37)35(41)20-26/h6-21H,2-5H2,1H3. The molecule has 0 radical (unpaired) electrons. The van der Waals surface area contributed by atoms with E-state index in [4.69, 9.17) is 16.3 Å². The Morgan fingerprint density at radius 2 is 1.16 bits per heavy atom. The summed E-state index contributed by atoms with van der Waals surface area (Å²) in [4.78, 5) is 0. The molecule has 44 heavy (non-hydrogen) atoms. The van der Waals surface area contributed by atoms with Crippen molar-refractivity contribution in [2.45, 2.75) is 38.7 Å². The molecule has 0 fully saturated rings. The van der Waals surface area contributed by atoms with Crippen LogP contribution in [0.2, 0.25) is 5.02 Å². The number of rotatable bonds is 10. The van der Waals surface area contributed by atoms with Crippen LogP contribution in [-0.4, -0.2) is 0 Å². The fourth-order valence-corrected chi connectivity index (χ4v) is 5.07. The van der Waals surface area contributed by atoms with Crippen molar-refractivity contribution >= 4 is 11.6 Å². The van der Waals surface area contributed by atoms with Gasteiger partial charge in [0.2, 0.25) is 0 Å². The number of hydrogen-bond acceptors (Lipinski definition) is 1. The minimum Gasteiger partial charge on any atom is -0.429 e. The fourth-order valence-electron chi connectivity index (χ4n) is 4.95. The van der Waals surface area contributed by atoms with Crippen molar-refractivity contribution in [2.24, 2.45) is 0 Å². The number of hydrogen-bond donors (Lipinski definition) is 0. The van der Waals surface area contributed by atoms with Gasteiger partial charge in [0.25, 0.3) is 0 Å². The predicted octanol–water partition coefficient (Wildman–Crippen LogP) is 11.8. The summed E-state index contributed by atoms with van der Waals surface area (Å²) < 4.78 is 93.5. The van der Waals surface area contributed by atoms with Crippen LogP contribution < -0.4 is 4.74 Å². The Balaban J connectivity index is 1.31. The fraction of sp³-hybridized carbons (Fsp3) is 0.167. The predicted molar refractivity (Wildman–Crippen MR) is 162 cm³/mol. The quantitative estimate of drug-likeness (QED) is 0.111. The van der Waals surface area contributed by atoms with Gasteiger partial charge in [-0.05, 0) is 83.1 Å². The highest BCUT2D eigenvalue weighted by molar-refractivity contribution is 6.30. The highest BCUT2D eigenvalue weighted by Crippen LogP contribution is 2.37. The molecule has 0 aliphatic rings. The lowest BCUT2D eigenvalue weighted by molar-refractivity contribution is -0.187. The third-order valence-electron chi connectivity index (χ3n) is 7.34. The highest BCUT2D eigenvalue weighted by atomic mass is 35.5. The second kappa shape index (κ2) is 13.2. The van der Waals surface area contributed by atoms with Crippen molar-refractivity contribution in [3.63, 3.8) is 0 Å². The van der Waals surface area contributed by atoms with Crippen molar-refractivity contribution < 1.29 is 31.1 Å². The third kappa shape index (κ3) is 6.94. The van der Waals surface area contributed by atoms with Gasteiger partial charge in [0.1, 0.15) is 29.0 Å². The van der Waals surface area contributed by atoms with Crippen LogP contribution in [0.3, 0.4) is 0 Å². The van der Waals surface area contributed by atoms with Gasteiger partial charge in [-0.15, -0.1) is 0 Å². The van der Waals surface area contributed by atoms with Crippen molar-refractivity contribution in [2.75, 3.05) is 0 Å². The van der Waals surface area contributed by atoms with Gasteiger partial charge >= 0.3 is 6.11 Å². The van der Waals surface area contributed by atoms with Crippen LogP contribution in [0.5, 0.6) is 5.75 Å². The van der Waals surface area contributed by atoms with Crippen molar-refractivity contribution in [1.82, 2.24) is 0 Å². The molecule has 0 aliphatic carbocycles. The van der Waals surface area contributed by atoms with Gasteiger partial charge in [-0.3, -0.25) is 0 Å². The summed E-state index contributed by atoms with van der Waals surface area (Å²) >= 11 is 5.69. The van der Waals surface area contributed by atoms with E-state index >= 15 is 13.2 Å². The van der Waals surface area contributed by atoms with Gasteiger partial charge in [0.15, 0.2) is 0 Å². The van der Waals surface area contributed by atoms with Gasteiger partial charge in [0, 0.05) is 17.2 Å². The molecule has 5 rings (SSSR count). The average Bonchev–Trinajstić information content (AvgIpc) is 2.99. The minimum atomic E-state index is -4.11. The molecule has 0 aromatic heterocycles. The minimum absolute atomic E-state index is 0.0665. The molecule has 0 atom stereocenters. The van der Waals surface area contributed by atoms with E-state index in [1.807, 2.05) is 24.3 Å². The normalized spacial score (nSPS) is 11.5. The Kier molecular flexibility index (Phi) is 9.35. The van der Waals surface area contributed by atoms with E-state index in [2.05, 4.69) is 6.92 Å². The maximum Gasteiger partial charge on any atom is 0.429 e. The lowest BCUT2D eigenvalue weighted by atomic mass is 9.99. The van der Waals surface area contributed by atoms with Crippen molar-refractivity contribution in [3.8, 4) is 39.1 Å².